The van der Waals surface area contributed by atoms with E-state index in [0.717, 1.165) is 10.2 Å². The summed E-state index contributed by atoms with van der Waals surface area (Å²) in [5, 5.41) is 0. The Bertz CT molecular complexity index is 1460. The van der Waals surface area contributed by atoms with Gasteiger partial charge in [-0.15, -0.1) is 0 Å². The standard InChI is InChI=1S/C25H21FN2O6S/c1-32-21-13-17(14-22(33-2)24(21)34-3)23(29)20-15-28(35(30,31)19-7-5-4-6-8-19)25(27-20)16-9-11-18(26)12-10-16/h4-15H,1-3H3. The molecule has 0 radical (unpaired) electrons. The van der Waals surface area contributed by atoms with Crippen LogP contribution in [0.15, 0.2) is 77.8 Å². The molecular weight excluding hydrogens is 475 g/mol. The second kappa shape index (κ2) is 9.59. The van der Waals surface area contributed by atoms with Crippen LogP contribution in [0.4, 0.5) is 4.39 Å². The van der Waals surface area contributed by atoms with E-state index >= 15 is 0 Å². The molecule has 3 aromatic carbocycles. The number of benzene rings is 3. The van der Waals surface area contributed by atoms with Gasteiger partial charge in [0.15, 0.2) is 17.3 Å². The Balaban J connectivity index is 1.89. The van der Waals surface area contributed by atoms with E-state index in [2.05, 4.69) is 4.98 Å². The number of carbonyl (C=O) groups is 1. The molecule has 0 N–H and O–H groups in total. The SMILES string of the molecule is COc1cc(C(=O)c2cn(S(=O)(=O)c3ccccc3)c(-c3ccc(F)cc3)n2)cc(OC)c1OC. The number of ether oxygens (including phenoxy) is 3. The molecular formula is C25H21FN2O6S. The number of imidazole rings is 1. The molecule has 0 aliphatic carbocycles. The number of nitrogens with zero attached hydrogens (tertiary/aromatic N) is 2. The molecule has 0 aliphatic rings. The van der Waals surface area contributed by atoms with Crippen molar-refractivity contribution in [2.45, 2.75) is 4.90 Å². The molecule has 0 saturated heterocycles. The number of methoxy groups -OCH3 is 3. The van der Waals surface area contributed by atoms with Crippen LogP contribution in [-0.4, -0.2) is 44.5 Å². The Morgan fingerprint density at radius 2 is 1.49 bits per heavy atom. The summed E-state index contributed by atoms with van der Waals surface area (Å²) in [5.41, 5.74) is 0.319. The largest absolute Gasteiger partial charge is 0.493 e. The number of ketones is 1. The molecule has 1 aromatic heterocycles. The number of hydrogen-bond acceptors (Lipinski definition) is 7. The number of hydrogen-bond donors (Lipinski definition) is 0. The van der Waals surface area contributed by atoms with Gasteiger partial charge in [-0.05, 0) is 48.5 Å². The van der Waals surface area contributed by atoms with E-state index in [0.29, 0.717) is 11.3 Å². The molecule has 0 fully saturated rings. The zero-order valence-electron chi connectivity index (χ0n) is 19.1. The van der Waals surface area contributed by atoms with Gasteiger partial charge in [0.1, 0.15) is 11.5 Å². The van der Waals surface area contributed by atoms with Gasteiger partial charge in [-0.25, -0.2) is 21.8 Å². The molecule has 0 aliphatic heterocycles. The fourth-order valence-corrected chi connectivity index (χ4v) is 4.85. The molecule has 1 heterocycles. The number of halogens is 1. The molecule has 0 saturated carbocycles. The summed E-state index contributed by atoms with van der Waals surface area (Å²) in [5.74, 6) is -0.294. The van der Waals surface area contributed by atoms with Gasteiger partial charge >= 0.3 is 0 Å². The van der Waals surface area contributed by atoms with E-state index in [1.165, 1.54) is 69.9 Å². The first-order valence-corrected chi connectivity index (χ1v) is 11.7. The lowest BCUT2D eigenvalue weighted by Gasteiger charge is -2.13. The monoisotopic (exact) mass is 496 g/mol. The first-order valence-electron chi connectivity index (χ1n) is 10.3. The fraction of sp³-hybridized carbons (Fsp3) is 0.120. The Morgan fingerprint density at radius 1 is 0.886 bits per heavy atom. The second-order valence-corrected chi connectivity index (χ2v) is 9.13. The lowest BCUT2D eigenvalue weighted by Crippen LogP contribution is -2.13. The molecule has 180 valence electrons. The lowest BCUT2D eigenvalue weighted by atomic mass is 10.1. The van der Waals surface area contributed by atoms with Crippen LogP contribution in [0.1, 0.15) is 16.1 Å². The third-order valence-electron chi connectivity index (χ3n) is 5.24. The fourth-order valence-electron chi connectivity index (χ4n) is 3.51. The highest BCUT2D eigenvalue weighted by atomic mass is 32.2. The van der Waals surface area contributed by atoms with Gasteiger partial charge in [0, 0.05) is 11.1 Å². The van der Waals surface area contributed by atoms with Gasteiger partial charge in [-0.1, -0.05) is 18.2 Å². The van der Waals surface area contributed by atoms with Gasteiger partial charge in [0.2, 0.25) is 11.5 Å². The molecule has 0 unspecified atom stereocenters. The van der Waals surface area contributed by atoms with Crippen molar-refractivity contribution in [3.63, 3.8) is 0 Å². The highest BCUT2D eigenvalue weighted by Crippen LogP contribution is 2.39. The van der Waals surface area contributed by atoms with Crippen LogP contribution in [0.5, 0.6) is 17.2 Å². The van der Waals surface area contributed by atoms with Crippen molar-refractivity contribution >= 4 is 15.8 Å². The normalized spacial score (nSPS) is 11.2. The molecule has 35 heavy (non-hydrogen) atoms. The third-order valence-corrected chi connectivity index (χ3v) is 6.90. The van der Waals surface area contributed by atoms with Crippen LogP contribution in [0.3, 0.4) is 0 Å². The van der Waals surface area contributed by atoms with Crippen molar-refractivity contribution in [2.24, 2.45) is 0 Å². The van der Waals surface area contributed by atoms with Crippen LogP contribution in [0, 0.1) is 5.82 Å². The van der Waals surface area contributed by atoms with Gasteiger partial charge in [-0.2, -0.15) is 0 Å². The number of carbonyl (C=O) groups excluding carboxylic acids is 1. The highest BCUT2D eigenvalue weighted by Gasteiger charge is 2.27. The van der Waals surface area contributed by atoms with Gasteiger partial charge < -0.3 is 14.2 Å². The molecule has 0 bridgehead atoms. The predicted molar refractivity (Wildman–Crippen MR) is 126 cm³/mol. The summed E-state index contributed by atoms with van der Waals surface area (Å²) in [4.78, 5) is 17.8. The van der Waals surface area contributed by atoms with E-state index in [1.807, 2.05) is 0 Å². The smallest absolute Gasteiger partial charge is 0.269 e. The molecule has 10 heteroatoms. The zero-order valence-corrected chi connectivity index (χ0v) is 19.9. The average Bonchev–Trinajstić information content (AvgIpc) is 3.34. The van der Waals surface area contributed by atoms with Gasteiger partial charge in [-0.3, -0.25) is 4.79 Å². The Labute approximate surface area is 201 Å². The zero-order chi connectivity index (χ0) is 25.2. The van der Waals surface area contributed by atoms with E-state index in [9.17, 15) is 17.6 Å². The maximum absolute atomic E-state index is 13.5. The van der Waals surface area contributed by atoms with Crippen molar-refractivity contribution in [1.82, 2.24) is 8.96 Å². The molecule has 8 nitrogen and oxygen atoms in total. The minimum atomic E-state index is -4.12. The van der Waals surface area contributed by atoms with E-state index in [4.69, 9.17) is 14.2 Å². The van der Waals surface area contributed by atoms with Crippen LogP contribution >= 0.6 is 0 Å². The molecule has 4 aromatic rings. The average molecular weight is 497 g/mol. The Morgan fingerprint density at radius 3 is 2.03 bits per heavy atom. The maximum Gasteiger partial charge on any atom is 0.269 e. The third kappa shape index (κ3) is 4.47. The summed E-state index contributed by atoms with van der Waals surface area (Å²) in [7, 11) is 0.149. The first kappa shape index (κ1) is 24.0. The van der Waals surface area contributed by atoms with Crippen LogP contribution in [0.25, 0.3) is 11.4 Å². The number of aromatic nitrogens is 2. The highest BCUT2D eigenvalue weighted by molar-refractivity contribution is 7.90. The van der Waals surface area contributed by atoms with E-state index < -0.39 is 21.6 Å². The maximum atomic E-state index is 13.5. The van der Waals surface area contributed by atoms with Gasteiger partial charge in [0.05, 0.1) is 32.4 Å². The molecule has 0 atom stereocenters. The predicted octanol–water partition coefficient (Wildman–Crippen LogP) is 4.18. The number of rotatable bonds is 8. The van der Waals surface area contributed by atoms with Crippen LogP contribution < -0.4 is 14.2 Å². The van der Waals surface area contributed by atoms with Crippen LogP contribution in [-0.2, 0) is 10.0 Å². The van der Waals surface area contributed by atoms with Gasteiger partial charge in [0.25, 0.3) is 10.0 Å². The van der Waals surface area contributed by atoms with Crippen LogP contribution in [0.2, 0.25) is 0 Å². The minimum absolute atomic E-state index is 0.00699. The quantitative estimate of drug-likeness (QED) is 0.338. The Kier molecular flexibility index (Phi) is 6.57. The summed E-state index contributed by atoms with van der Waals surface area (Å²) in [6.07, 6.45) is 1.15. The molecule has 0 amide bonds. The van der Waals surface area contributed by atoms with Crippen molar-refractivity contribution in [3.8, 4) is 28.6 Å². The van der Waals surface area contributed by atoms with E-state index in [1.54, 1.807) is 18.2 Å². The summed E-state index contributed by atoms with van der Waals surface area (Å²) < 4.78 is 57.2. The minimum Gasteiger partial charge on any atom is -0.493 e. The summed E-state index contributed by atoms with van der Waals surface area (Å²) >= 11 is 0. The van der Waals surface area contributed by atoms with Crippen molar-refractivity contribution in [1.29, 1.82) is 0 Å². The van der Waals surface area contributed by atoms with Crippen molar-refractivity contribution < 1.29 is 31.8 Å². The van der Waals surface area contributed by atoms with Crippen molar-refractivity contribution in [2.75, 3.05) is 21.3 Å². The van der Waals surface area contributed by atoms with E-state index in [-0.39, 0.29) is 33.5 Å². The Hall–Kier alpha value is -4.18. The summed E-state index contributed by atoms with van der Waals surface area (Å²) in [6, 6.07) is 15.8. The second-order valence-electron chi connectivity index (χ2n) is 7.31. The molecule has 4 rings (SSSR count). The topological polar surface area (TPSA) is 96.7 Å². The first-order chi connectivity index (χ1) is 16.8. The lowest BCUT2D eigenvalue weighted by molar-refractivity contribution is 0.103. The van der Waals surface area contributed by atoms with Crippen molar-refractivity contribution in [3.05, 3.63) is 90.0 Å². The molecule has 0 spiro atoms. The summed E-state index contributed by atoms with van der Waals surface area (Å²) in [6.45, 7) is 0.